The van der Waals surface area contributed by atoms with Gasteiger partial charge in [0.2, 0.25) is 0 Å². The monoisotopic (exact) mass is 149 g/mol. The van der Waals surface area contributed by atoms with E-state index in [0.717, 1.165) is 11.8 Å². The van der Waals surface area contributed by atoms with Gasteiger partial charge in [-0.25, -0.2) is 0 Å². The van der Waals surface area contributed by atoms with Crippen molar-refractivity contribution in [2.45, 2.75) is 32.1 Å². The van der Waals surface area contributed by atoms with Crippen molar-refractivity contribution in [1.29, 1.82) is 0 Å². The first-order valence-electron chi connectivity index (χ1n) is 4.50. The summed E-state index contributed by atoms with van der Waals surface area (Å²) < 4.78 is 0. The molecular weight excluding hydrogens is 134 g/mol. The van der Waals surface area contributed by atoms with Crippen LogP contribution in [0.2, 0.25) is 0 Å². The van der Waals surface area contributed by atoms with Crippen LogP contribution in [0.5, 0.6) is 0 Å². The highest BCUT2D eigenvalue weighted by molar-refractivity contribution is 5.16. The summed E-state index contributed by atoms with van der Waals surface area (Å²) in [5, 5.41) is 0. The molecule has 1 heteroatoms. The highest BCUT2D eigenvalue weighted by Crippen LogP contribution is 2.38. The maximum Gasteiger partial charge on any atom is 0.00402 e. The lowest BCUT2D eigenvalue weighted by Crippen LogP contribution is -1.99. The van der Waals surface area contributed by atoms with Crippen LogP contribution in [-0.4, -0.2) is 4.98 Å². The quantitative estimate of drug-likeness (QED) is 0.632. The minimum absolute atomic E-state index is 0.834. The van der Waals surface area contributed by atoms with Crippen LogP contribution in [0.1, 0.15) is 37.7 Å². The van der Waals surface area contributed by atoms with Gasteiger partial charge in [0.25, 0.3) is 0 Å². The first-order valence-corrected chi connectivity index (χ1v) is 4.50. The average molecular weight is 149 g/mol. The van der Waals surface area contributed by atoms with E-state index in [4.69, 9.17) is 0 Å². The van der Waals surface area contributed by atoms with Crippen LogP contribution >= 0.6 is 0 Å². The van der Waals surface area contributed by atoms with Gasteiger partial charge in [-0.05, 0) is 29.9 Å². The highest BCUT2D eigenvalue weighted by Gasteiger charge is 2.24. The van der Waals surface area contributed by atoms with Crippen LogP contribution in [-0.2, 0) is 0 Å². The minimum Gasteiger partial charge on any atom is -0.367 e. The summed E-state index contributed by atoms with van der Waals surface area (Å²) in [6.07, 6.45) is 8.39. The van der Waals surface area contributed by atoms with E-state index in [9.17, 15) is 0 Å². The van der Waals surface area contributed by atoms with E-state index in [1.165, 1.54) is 24.8 Å². The molecule has 1 nitrogen and oxygen atoms in total. The number of hydrogen-bond acceptors (Lipinski definition) is 0. The van der Waals surface area contributed by atoms with Crippen LogP contribution in [0, 0.1) is 5.92 Å². The molecule has 2 rings (SSSR count). The predicted octanol–water partition coefficient (Wildman–Crippen LogP) is 2.92. The lowest BCUT2D eigenvalue weighted by Gasteiger charge is -2.12. The highest BCUT2D eigenvalue weighted by atomic mass is 14.6. The van der Waals surface area contributed by atoms with Crippen molar-refractivity contribution in [2.75, 3.05) is 0 Å². The summed E-state index contributed by atoms with van der Waals surface area (Å²) >= 11 is 0. The second-order valence-corrected chi connectivity index (χ2v) is 3.66. The summed E-state index contributed by atoms with van der Waals surface area (Å²) in [4.78, 5) is 3.13. The van der Waals surface area contributed by atoms with Gasteiger partial charge in [0.15, 0.2) is 0 Å². The molecule has 60 valence electrons. The van der Waals surface area contributed by atoms with Crippen molar-refractivity contribution in [3.05, 3.63) is 24.0 Å². The lowest BCUT2D eigenvalue weighted by atomic mass is 9.92. The maximum atomic E-state index is 3.13. The standard InChI is InChI=1S/C10H15N/c1-8-3-2-4-10(8)9-5-6-11-7-9/h5-8,10-11H,2-4H2,1H3. The summed E-state index contributed by atoms with van der Waals surface area (Å²) in [5.74, 6) is 1.73. The van der Waals surface area contributed by atoms with Crippen molar-refractivity contribution < 1.29 is 0 Å². The van der Waals surface area contributed by atoms with Gasteiger partial charge >= 0.3 is 0 Å². The summed E-state index contributed by atoms with van der Waals surface area (Å²) in [5.41, 5.74) is 1.51. The predicted molar refractivity (Wildman–Crippen MR) is 46.5 cm³/mol. The molecule has 2 atom stereocenters. The Morgan fingerprint density at radius 3 is 2.91 bits per heavy atom. The van der Waals surface area contributed by atoms with Gasteiger partial charge in [0, 0.05) is 12.4 Å². The van der Waals surface area contributed by atoms with Crippen LogP contribution < -0.4 is 0 Å². The first kappa shape index (κ1) is 6.96. The molecule has 1 fully saturated rings. The molecule has 0 aromatic carbocycles. The van der Waals surface area contributed by atoms with Crippen molar-refractivity contribution in [3.8, 4) is 0 Å². The summed E-state index contributed by atoms with van der Waals surface area (Å²) in [7, 11) is 0. The number of nitrogens with one attached hydrogen (secondary N) is 1. The molecule has 0 bridgehead atoms. The molecule has 1 N–H and O–H groups in total. The Labute approximate surface area is 67.8 Å². The van der Waals surface area contributed by atoms with Gasteiger partial charge in [0.05, 0.1) is 0 Å². The third-order valence-electron chi connectivity index (χ3n) is 2.91. The van der Waals surface area contributed by atoms with E-state index in [-0.39, 0.29) is 0 Å². The third-order valence-corrected chi connectivity index (χ3v) is 2.91. The molecule has 0 spiro atoms. The van der Waals surface area contributed by atoms with Gasteiger partial charge in [0.1, 0.15) is 0 Å². The largest absolute Gasteiger partial charge is 0.367 e. The molecule has 1 aromatic rings. The van der Waals surface area contributed by atoms with Crippen LogP contribution in [0.4, 0.5) is 0 Å². The zero-order valence-corrected chi connectivity index (χ0v) is 7.01. The fourth-order valence-electron chi connectivity index (χ4n) is 2.21. The number of aromatic amines is 1. The molecule has 0 aliphatic heterocycles. The van der Waals surface area contributed by atoms with E-state index in [0.29, 0.717) is 0 Å². The Morgan fingerprint density at radius 1 is 1.45 bits per heavy atom. The Kier molecular flexibility index (Phi) is 1.72. The Bertz CT molecular complexity index is 213. The Balaban J connectivity index is 2.16. The van der Waals surface area contributed by atoms with Crippen molar-refractivity contribution >= 4 is 0 Å². The number of H-pyrrole nitrogens is 1. The molecule has 0 saturated heterocycles. The zero-order chi connectivity index (χ0) is 7.68. The maximum absolute atomic E-state index is 3.13. The molecule has 1 aliphatic carbocycles. The second-order valence-electron chi connectivity index (χ2n) is 3.66. The topological polar surface area (TPSA) is 15.8 Å². The fraction of sp³-hybridized carbons (Fsp3) is 0.600. The molecule has 1 aliphatic rings. The number of hydrogen-bond donors (Lipinski definition) is 1. The third kappa shape index (κ3) is 1.20. The summed E-state index contributed by atoms with van der Waals surface area (Å²) in [6.45, 7) is 2.37. The number of rotatable bonds is 1. The lowest BCUT2D eigenvalue weighted by molar-refractivity contribution is 0.533. The van der Waals surface area contributed by atoms with E-state index in [1.54, 1.807) is 0 Å². The fourth-order valence-corrected chi connectivity index (χ4v) is 2.21. The molecule has 0 amide bonds. The van der Waals surface area contributed by atoms with Crippen LogP contribution in [0.3, 0.4) is 0 Å². The van der Waals surface area contributed by atoms with E-state index >= 15 is 0 Å². The zero-order valence-electron chi connectivity index (χ0n) is 7.01. The molecule has 11 heavy (non-hydrogen) atoms. The summed E-state index contributed by atoms with van der Waals surface area (Å²) in [6, 6.07) is 2.21. The molecule has 1 heterocycles. The molecular formula is C10H15N. The number of aromatic nitrogens is 1. The Hall–Kier alpha value is -0.720. The van der Waals surface area contributed by atoms with Gasteiger partial charge in [-0.2, -0.15) is 0 Å². The smallest absolute Gasteiger partial charge is 0.00402 e. The van der Waals surface area contributed by atoms with E-state index in [2.05, 4.69) is 24.2 Å². The molecule has 1 aromatic heterocycles. The van der Waals surface area contributed by atoms with Crippen molar-refractivity contribution in [3.63, 3.8) is 0 Å². The van der Waals surface area contributed by atoms with E-state index in [1.807, 2.05) is 6.20 Å². The van der Waals surface area contributed by atoms with Crippen LogP contribution in [0.15, 0.2) is 18.5 Å². The molecule has 0 radical (unpaired) electrons. The first-order chi connectivity index (χ1) is 5.38. The molecule has 1 saturated carbocycles. The van der Waals surface area contributed by atoms with Crippen molar-refractivity contribution in [1.82, 2.24) is 4.98 Å². The minimum atomic E-state index is 0.834. The van der Waals surface area contributed by atoms with Gasteiger partial charge in [-0.1, -0.05) is 19.8 Å². The van der Waals surface area contributed by atoms with E-state index < -0.39 is 0 Å². The Morgan fingerprint density at radius 2 is 2.36 bits per heavy atom. The SMILES string of the molecule is CC1CCCC1c1cc[nH]c1. The average Bonchev–Trinajstić information content (AvgIpc) is 2.55. The van der Waals surface area contributed by atoms with Gasteiger partial charge < -0.3 is 4.98 Å². The van der Waals surface area contributed by atoms with Gasteiger partial charge in [-0.15, -0.1) is 0 Å². The van der Waals surface area contributed by atoms with Crippen LogP contribution in [0.25, 0.3) is 0 Å². The second kappa shape index (κ2) is 2.72. The normalized spacial score (nSPS) is 31.0. The van der Waals surface area contributed by atoms with Gasteiger partial charge in [-0.3, -0.25) is 0 Å². The molecule has 2 unspecified atom stereocenters. The van der Waals surface area contributed by atoms with Crippen molar-refractivity contribution in [2.24, 2.45) is 5.92 Å².